The maximum atomic E-state index is 12.5. The largest absolute Gasteiger partial charge is 0.370 e. The Bertz CT molecular complexity index is 552. The summed E-state index contributed by atoms with van der Waals surface area (Å²) in [5.41, 5.74) is 1.58. The van der Waals surface area contributed by atoms with Crippen LogP contribution in [0.3, 0.4) is 0 Å². The monoisotopic (exact) mass is 316 g/mol. The summed E-state index contributed by atoms with van der Waals surface area (Å²) in [5.74, 6) is 0.660. The predicted octanol–water partition coefficient (Wildman–Crippen LogP) is 1.23. The Hall–Kier alpha value is -2.11. The van der Waals surface area contributed by atoms with E-state index in [1.807, 2.05) is 18.3 Å². The Morgan fingerprint density at radius 2 is 2.00 bits per heavy atom. The molecule has 3 rings (SSSR count). The molecule has 124 valence electrons. The summed E-state index contributed by atoms with van der Waals surface area (Å²) in [6, 6.07) is 3.82. The van der Waals surface area contributed by atoms with Crippen molar-refractivity contribution in [3.8, 4) is 0 Å². The number of amides is 2. The number of pyridine rings is 1. The van der Waals surface area contributed by atoms with Crippen molar-refractivity contribution in [2.45, 2.75) is 19.8 Å². The van der Waals surface area contributed by atoms with Gasteiger partial charge in [-0.1, -0.05) is 6.92 Å². The van der Waals surface area contributed by atoms with E-state index in [0.29, 0.717) is 37.8 Å². The molecular weight excluding hydrogens is 292 g/mol. The van der Waals surface area contributed by atoms with E-state index >= 15 is 0 Å². The summed E-state index contributed by atoms with van der Waals surface area (Å²) in [6.07, 6.45) is 5.15. The predicted molar refractivity (Wildman–Crippen MR) is 88.4 cm³/mol. The second-order valence-electron chi connectivity index (χ2n) is 6.53. The summed E-state index contributed by atoms with van der Waals surface area (Å²) in [4.78, 5) is 33.4. The van der Waals surface area contributed by atoms with Gasteiger partial charge in [0.05, 0.1) is 11.9 Å². The third-order valence-electron chi connectivity index (χ3n) is 4.74. The van der Waals surface area contributed by atoms with Crippen molar-refractivity contribution in [1.82, 2.24) is 14.8 Å². The number of piperidine rings is 1. The van der Waals surface area contributed by atoms with Gasteiger partial charge in [-0.25, -0.2) is 4.98 Å². The number of anilines is 1. The molecule has 2 amide bonds. The molecule has 23 heavy (non-hydrogen) atoms. The fraction of sp³-hybridized carbons (Fsp3) is 0.588. The fourth-order valence-corrected chi connectivity index (χ4v) is 3.32. The van der Waals surface area contributed by atoms with E-state index in [9.17, 15) is 9.59 Å². The Kier molecular flexibility index (Phi) is 4.79. The summed E-state index contributed by atoms with van der Waals surface area (Å²) >= 11 is 0. The number of hydrogen-bond donors (Lipinski definition) is 0. The number of rotatable bonds is 3. The summed E-state index contributed by atoms with van der Waals surface area (Å²) < 4.78 is 0. The van der Waals surface area contributed by atoms with Crippen molar-refractivity contribution in [2.24, 2.45) is 5.92 Å². The first-order chi connectivity index (χ1) is 11.2. The van der Waals surface area contributed by atoms with Crippen LogP contribution >= 0.6 is 0 Å². The quantitative estimate of drug-likeness (QED) is 0.787. The molecule has 2 saturated heterocycles. The van der Waals surface area contributed by atoms with Gasteiger partial charge in [-0.05, 0) is 30.9 Å². The van der Waals surface area contributed by atoms with Crippen LogP contribution in [-0.2, 0) is 4.79 Å². The van der Waals surface area contributed by atoms with Gasteiger partial charge in [-0.2, -0.15) is 0 Å². The van der Waals surface area contributed by atoms with Crippen LogP contribution in [0.1, 0.15) is 30.3 Å². The number of carbonyl (C=O) groups excluding carboxylic acids is 2. The highest BCUT2D eigenvalue weighted by atomic mass is 16.2. The summed E-state index contributed by atoms with van der Waals surface area (Å²) in [5, 5.41) is 0. The molecule has 2 aliphatic heterocycles. The van der Waals surface area contributed by atoms with Crippen molar-refractivity contribution in [3.05, 3.63) is 24.0 Å². The molecule has 1 atom stereocenters. The average molecular weight is 316 g/mol. The highest BCUT2D eigenvalue weighted by Crippen LogP contribution is 2.22. The van der Waals surface area contributed by atoms with Gasteiger partial charge < -0.3 is 14.7 Å². The zero-order valence-electron chi connectivity index (χ0n) is 13.6. The number of aromatic nitrogens is 1. The highest BCUT2D eigenvalue weighted by molar-refractivity contribution is 5.92. The second kappa shape index (κ2) is 6.98. The van der Waals surface area contributed by atoms with Crippen molar-refractivity contribution in [3.63, 3.8) is 0 Å². The average Bonchev–Trinajstić information content (AvgIpc) is 2.61. The zero-order chi connectivity index (χ0) is 16.2. The standard InChI is InChI=1S/C17H24N4O2/c1-14-3-2-6-21(12-14)15-4-5-16(18-11-15)17(23)20-9-7-19(13-22)8-10-20/h4-5,11,13-14H,2-3,6-10,12H2,1H3. The van der Waals surface area contributed by atoms with E-state index in [2.05, 4.69) is 16.8 Å². The molecule has 0 aliphatic carbocycles. The molecule has 0 radical (unpaired) electrons. The highest BCUT2D eigenvalue weighted by Gasteiger charge is 2.23. The van der Waals surface area contributed by atoms with Crippen LogP contribution in [0, 0.1) is 5.92 Å². The smallest absolute Gasteiger partial charge is 0.272 e. The van der Waals surface area contributed by atoms with Gasteiger partial charge in [0.1, 0.15) is 5.69 Å². The minimum absolute atomic E-state index is 0.0471. The van der Waals surface area contributed by atoms with Crippen LogP contribution in [-0.4, -0.2) is 66.4 Å². The lowest BCUT2D eigenvalue weighted by Gasteiger charge is -2.33. The normalized spacial score (nSPS) is 22.1. The summed E-state index contributed by atoms with van der Waals surface area (Å²) in [7, 11) is 0. The molecule has 1 aromatic heterocycles. The molecule has 0 N–H and O–H groups in total. The van der Waals surface area contributed by atoms with E-state index in [1.165, 1.54) is 12.8 Å². The van der Waals surface area contributed by atoms with Crippen LogP contribution in [0.2, 0.25) is 0 Å². The molecule has 0 spiro atoms. The lowest BCUT2D eigenvalue weighted by Crippen LogP contribution is -2.48. The number of nitrogens with zero attached hydrogens (tertiary/aromatic N) is 4. The van der Waals surface area contributed by atoms with Crippen LogP contribution in [0.25, 0.3) is 0 Å². The Morgan fingerprint density at radius 1 is 1.22 bits per heavy atom. The van der Waals surface area contributed by atoms with E-state index in [-0.39, 0.29) is 5.91 Å². The fourth-order valence-electron chi connectivity index (χ4n) is 3.32. The van der Waals surface area contributed by atoms with Crippen molar-refractivity contribution in [2.75, 3.05) is 44.2 Å². The van der Waals surface area contributed by atoms with Gasteiger partial charge in [0.15, 0.2) is 0 Å². The van der Waals surface area contributed by atoms with E-state index in [4.69, 9.17) is 0 Å². The maximum absolute atomic E-state index is 12.5. The first-order valence-corrected chi connectivity index (χ1v) is 8.37. The second-order valence-corrected chi connectivity index (χ2v) is 6.53. The van der Waals surface area contributed by atoms with Crippen molar-refractivity contribution >= 4 is 18.0 Å². The minimum atomic E-state index is -0.0471. The molecule has 6 heteroatoms. The van der Waals surface area contributed by atoms with Crippen molar-refractivity contribution in [1.29, 1.82) is 0 Å². The Labute approximate surface area is 137 Å². The molecule has 2 aliphatic rings. The molecule has 2 fully saturated rings. The van der Waals surface area contributed by atoms with Gasteiger partial charge in [0.25, 0.3) is 5.91 Å². The van der Waals surface area contributed by atoms with Crippen LogP contribution in [0.15, 0.2) is 18.3 Å². The molecule has 0 aromatic carbocycles. The zero-order valence-corrected chi connectivity index (χ0v) is 13.6. The lowest BCUT2D eigenvalue weighted by molar-refractivity contribution is -0.119. The third-order valence-corrected chi connectivity index (χ3v) is 4.74. The third kappa shape index (κ3) is 3.63. The Morgan fingerprint density at radius 3 is 2.61 bits per heavy atom. The lowest BCUT2D eigenvalue weighted by atomic mass is 10.00. The van der Waals surface area contributed by atoms with Gasteiger partial charge in [-0.15, -0.1) is 0 Å². The van der Waals surface area contributed by atoms with Crippen molar-refractivity contribution < 1.29 is 9.59 Å². The summed E-state index contributed by atoms with van der Waals surface area (Å²) in [6.45, 7) is 6.74. The van der Waals surface area contributed by atoms with Gasteiger partial charge in [0, 0.05) is 39.3 Å². The topological polar surface area (TPSA) is 56.8 Å². The van der Waals surface area contributed by atoms with E-state index < -0.39 is 0 Å². The maximum Gasteiger partial charge on any atom is 0.272 e. The first-order valence-electron chi connectivity index (χ1n) is 8.37. The Balaban J connectivity index is 1.62. The number of hydrogen-bond acceptors (Lipinski definition) is 4. The number of piperazine rings is 1. The molecule has 1 aromatic rings. The number of carbonyl (C=O) groups is 2. The van der Waals surface area contributed by atoms with Gasteiger partial charge in [-0.3, -0.25) is 9.59 Å². The molecule has 0 bridgehead atoms. The van der Waals surface area contributed by atoms with Gasteiger partial charge in [0.2, 0.25) is 6.41 Å². The first kappa shape index (κ1) is 15.8. The SMILES string of the molecule is CC1CCCN(c2ccc(C(=O)N3CCN(C=O)CC3)nc2)C1. The molecule has 0 saturated carbocycles. The molecule has 3 heterocycles. The van der Waals surface area contributed by atoms with Crippen LogP contribution in [0.5, 0.6) is 0 Å². The molecule has 6 nitrogen and oxygen atoms in total. The molecule has 1 unspecified atom stereocenters. The van der Waals surface area contributed by atoms with Gasteiger partial charge >= 0.3 is 0 Å². The van der Waals surface area contributed by atoms with E-state index in [0.717, 1.165) is 25.2 Å². The van der Waals surface area contributed by atoms with E-state index in [1.54, 1.807) is 9.80 Å². The van der Waals surface area contributed by atoms with Crippen LogP contribution in [0.4, 0.5) is 5.69 Å². The minimum Gasteiger partial charge on any atom is -0.370 e. The molecular formula is C17H24N4O2. The van der Waals surface area contributed by atoms with Crippen LogP contribution < -0.4 is 4.90 Å².